The zero-order valence-corrected chi connectivity index (χ0v) is 13.3. The number of halogens is 1. The number of para-hydroxylation sites is 1. The normalized spacial score (nSPS) is 16.7. The van der Waals surface area contributed by atoms with Crippen molar-refractivity contribution < 1.29 is 4.79 Å². The lowest BCUT2D eigenvalue weighted by molar-refractivity contribution is 0.190. The molecule has 0 radical (unpaired) electrons. The van der Waals surface area contributed by atoms with Crippen molar-refractivity contribution in [3.63, 3.8) is 0 Å². The summed E-state index contributed by atoms with van der Waals surface area (Å²) in [5, 5.41) is 6.18. The number of likely N-dealkylation sites (tertiary alicyclic amines) is 1. The van der Waals surface area contributed by atoms with Gasteiger partial charge in [0.05, 0.1) is 10.7 Å². The van der Waals surface area contributed by atoms with Crippen LogP contribution in [0.2, 0.25) is 5.02 Å². The lowest BCUT2D eigenvalue weighted by atomic mass is 9.99. The van der Waals surface area contributed by atoms with Gasteiger partial charge in [-0.25, -0.2) is 4.79 Å². The Balaban J connectivity index is 1.60. The van der Waals surface area contributed by atoms with Crippen LogP contribution in [0, 0.1) is 5.92 Å². The van der Waals surface area contributed by atoms with Gasteiger partial charge < -0.3 is 15.5 Å². The summed E-state index contributed by atoms with van der Waals surface area (Å²) in [4.78, 5) is 14.2. The molecular formula is C16H24ClN3O. The zero-order valence-electron chi connectivity index (χ0n) is 12.6. The fourth-order valence-corrected chi connectivity index (χ4v) is 2.70. The molecule has 0 aromatic heterocycles. The number of hydrogen-bond donors (Lipinski definition) is 2. The van der Waals surface area contributed by atoms with Gasteiger partial charge in [-0.2, -0.15) is 0 Å². The van der Waals surface area contributed by atoms with E-state index in [-0.39, 0.29) is 6.03 Å². The van der Waals surface area contributed by atoms with Gasteiger partial charge in [0.2, 0.25) is 0 Å². The number of anilines is 1. The lowest BCUT2D eigenvalue weighted by Crippen LogP contribution is -2.36. The second kappa shape index (κ2) is 8.25. The van der Waals surface area contributed by atoms with Crippen molar-refractivity contribution in [2.24, 2.45) is 5.92 Å². The molecule has 2 N–H and O–H groups in total. The molecule has 5 heteroatoms. The van der Waals surface area contributed by atoms with Gasteiger partial charge in [0.15, 0.2) is 0 Å². The standard InChI is InChI=1S/C16H24ClN3O/c1-13-7-11-20(12-8-13)10-4-9-18-16(21)19-15-6-3-2-5-14(15)17/h2-3,5-6,13H,4,7-12H2,1H3,(H2,18,19,21). The molecular weight excluding hydrogens is 286 g/mol. The average molecular weight is 310 g/mol. The van der Waals surface area contributed by atoms with Crippen molar-refractivity contribution in [2.45, 2.75) is 26.2 Å². The zero-order chi connectivity index (χ0) is 15.1. The number of nitrogens with zero attached hydrogens (tertiary/aromatic N) is 1. The Labute approximate surface area is 131 Å². The molecule has 116 valence electrons. The van der Waals surface area contributed by atoms with Gasteiger partial charge in [0.1, 0.15) is 0 Å². The largest absolute Gasteiger partial charge is 0.338 e. The minimum Gasteiger partial charge on any atom is -0.338 e. The first kappa shape index (κ1) is 16.1. The van der Waals surface area contributed by atoms with Gasteiger partial charge in [0, 0.05) is 6.54 Å². The van der Waals surface area contributed by atoms with Gasteiger partial charge >= 0.3 is 6.03 Å². The van der Waals surface area contributed by atoms with Gasteiger partial charge in [-0.15, -0.1) is 0 Å². The molecule has 4 nitrogen and oxygen atoms in total. The van der Waals surface area contributed by atoms with Crippen LogP contribution in [0.1, 0.15) is 26.2 Å². The number of piperidine rings is 1. The van der Waals surface area contributed by atoms with Crippen molar-refractivity contribution in [3.05, 3.63) is 29.3 Å². The quantitative estimate of drug-likeness (QED) is 0.817. The first-order valence-electron chi connectivity index (χ1n) is 7.67. The van der Waals surface area contributed by atoms with E-state index in [2.05, 4.69) is 22.5 Å². The molecule has 0 saturated carbocycles. The molecule has 1 aliphatic heterocycles. The fraction of sp³-hybridized carbons (Fsp3) is 0.562. The van der Waals surface area contributed by atoms with E-state index in [1.807, 2.05) is 12.1 Å². The Morgan fingerprint density at radius 2 is 2.05 bits per heavy atom. The number of amides is 2. The van der Waals surface area contributed by atoms with E-state index in [9.17, 15) is 4.79 Å². The summed E-state index contributed by atoms with van der Waals surface area (Å²) in [6.07, 6.45) is 3.56. The summed E-state index contributed by atoms with van der Waals surface area (Å²) in [6.45, 7) is 6.43. The van der Waals surface area contributed by atoms with E-state index < -0.39 is 0 Å². The molecule has 0 spiro atoms. The van der Waals surface area contributed by atoms with E-state index in [0.29, 0.717) is 17.3 Å². The molecule has 2 amide bonds. The number of nitrogens with one attached hydrogen (secondary N) is 2. The number of hydrogen-bond acceptors (Lipinski definition) is 2. The summed E-state index contributed by atoms with van der Waals surface area (Å²) in [6, 6.07) is 7.03. The third kappa shape index (κ3) is 5.56. The molecule has 1 aromatic carbocycles. The van der Waals surface area contributed by atoms with Gasteiger partial charge in [0.25, 0.3) is 0 Å². The average Bonchev–Trinajstić information content (AvgIpc) is 2.48. The van der Waals surface area contributed by atoms with E-state index in [0.717, 1.165) is 18.9 Å². The van der Waals surface area contributed by atoms with E-state index in [1.54, 1.807) is 12.1 Å². The monoisotopic (exact) mass is 309 g/mol. The van der Waals surface area contributed by atoms with E-state index in [1.165, 1.54) is 25.9 Å². The highest BCUT2D eigenvalue weighted by atomic mass is 35.5. The maximum Gasteiger partial charge on any atom is 0.319 e. The molecule has 2 rings (SSSR count). The highest BCUT2D eigenvalue weighted by Crippen LogP contribution is 2.20. The molecule has 1 heterocycles. The van der Waals surface area contributed by atoms with Crippen LogP contribution in [0.4, 0.5) is 10.5 Å². The maximum absolute atomic E-state index is 11.8. The van der Waals surface area contributed by atoms with Crippen molar-refractivity contribution in [2.75, 3.05) is 31.5 Å². The highest BCUT2D eigenvalue weighted by Gasteiger charge is 2.14. The van der Waals surface area contributed by atoms with Gasteiger partial charge in [-0.05, 0) is 56.9 Å². The topological polar surface area (TPSA) is 44.4 Å². The maximum atomic E-state index is 11.8. The van der Waals surface area contributed by atoms with Crippen molar-refractivity contribution in [1.29, 1.82) is 0 Å². The molecule has 21 heavy (non-hydrogen) atoms. The first-order valence-corrected chi connectivity index (χ1v) is 8.04. The Bertz CT molecular complexity index is 459. The Kier molecular flexibility index (Phi) is 6.33. The number of rotatable bonds is 5. The molecule has 1 fully saturated rings. The molecule has 0 aliphatic carbocycles. The number of carbonyl (C=O) groups is 1. The molecule has 1 aliphatic rings. The predicted molar refractivity (Wildman–Crippen MR) is 87.9 cm³/mol. The Morgan fingerprint density at radius 3 is 2.76 bits per heavy atom. The molecule has 0 atom stereocenters. The van der Waals surface area contributed by atoms with Crippen molar-refractivity contribution in [1.82, 2.24) is 10.2 Å². The minimum atomic E-state index is -0.199. The second-order valence-corrected chi connectivity index (χ2v) is 6.15. The lowest BCUT2D eigenvalue weighted by Gasteiger charge is -2.30. The van der Waals surface area contributed by atoms with Crippen LogP contribution in [0.15, 0.2) is 24.3 Å². The molecule has 0 unspecified atom stereocenters. The van der Waals surface area contributed by atoms with Crippen molar-refractivity contribution in [3.8, 4) is 0 Å². The number of urea groups is 1. The van der Waals surface area contributed by atoms with Gasteiger partial charge in [-0.3, -0.25) is 0 Å². The summed E-state index contributed by atoms with van der Waals surface area (Å²) < 4.78 is 0. The fourth-order valence-electron chi connectivity index (χ4n) is 2.52. The SMILES string of the molecule is CC1CCN(CCCNC(=O)Nc2ccccc2Cl)CC1. The summed E-state index contributed by atoms with van der Waals surface area (Å²) in [7, 11) is 0. The van der Waals surface area contributed by atoms with Crippen LogP contribution in [0.5, 0.6) is 0 Å². The van der Waals surface area contributed by atoms with Crippen LogP contribution in [-0.4, -0.2) is 37.1 Å². The van der Waals surface area contributed by atoms with Crippen LogP contribution >= 0.6 is 11.6 Å². The van der Waals surface area contributed by atoms with Crippen LogP contribution in [0.3, 0.4) is 0 Å². The van der Waals surface area contributed by atoms with Crippen molar-refractivity contribution >= 4 is 23.3 Å². The molecule has 0 bridgehead atoms. The number of carbonyl (C=O) groups excluding carboxylic acids is 1. The smallest absolute Gasteiger partial charge is 0.319 e. The Morgan fingerprint density at radius 1 is 1.33 bits per heavy atom. The van der Waals surface area contributed by atoms with E-state index in [4.69, 9.17) is 11.6 Å². The highest BCUT2D eigenvalue weighted by molar-refractivity contribution is 6.33. The van der Waals surface area contributed by atoms with Gasteiger partial charge in [-0.1, -0.05) is 30.7 Å². The first-order chi connectivity index (χ1) is 10.1. The third-order valence-electron chi connectivity index (χ3n) is 3.93. The molecule has 1 aromatic rings. The minimum absolute atomic E-state index is 0.199. The third-order valence-corrected chi connectivity index (χ3v) is 4.26. The Hall–Kier alpha value is -1.26. The molecule has 1 saturated heterocycles. The number of benzene rings is 1. The van der Waals surface area contributed by atoms with Crippen LogP contribution in [0.25, 0.3) is 0 Å². The summed E-state index contributed by atoms with van der Waals surface area (Å²) in [5.41, 5.74) is 0.640. The summed E-state index contributed by atoms with van der Waals surface area (Å²) >= 11 is 5.99. The van der Waals surface area contributed by atoms with E-state index >= 15 is 0 Å². The second-order valence-electron chi connectivity index (χ2n) is 5.74. The van der Waals surface area contributed by atoms with Crippen LogP contribution < -0.4 is 10.6 Å². The predicted octanol–water partition coefficient (Wildman–Crippen LogP) is 3.58. The van der Waals surface area contributed by atoms with Crippen LogP contribution in [-0.2, 0) is 0 Å². The summed E-state index contributed by atoms with van der Waals surface area (Å²) in [5.74, 6) is 0.862.